The Morgan fingerprint density at radius 3 is 2.57 bits per heavy atom. The maximum absolute atomic E-state index is 11.6. The van der Waals surface area contributed by atoms with Crippen LogP contribution in [0.4, 0.5) is 11.4 Å². The number of hydrogen-bond donors (Lipinski definition) is 0. The molecule has 1 saturated heterocycles. The van der Waals surface area contributed by atoms with E-state index in [0.717, 1.165) is 45.3 Å². The molecule has 0 atom stereocenters. The van der Waals surface area contributed by atoms with Gasteiger partial charge in [0.25, 0.3) is 5.69 Å². The van der Waals surface area contributed by atoms with Crippen molar-refractivity contribution in [3.05, 3.63) is 28.3 Å². The predicted octanol–water partition coefficient (Wildman–Crippen LogP) is 1.92. The molecular formula is C15H23N3O4S. The summed E-state index contributed by atoms with van der Waals surface area (Å²) in [5, 5.41) is 11.4. The van der Waals surface area contributed by atoms with E-state index in [1.807, 2.05) is 4.90 Å². The summed E-state index contributed by atoms with van der Waals surface area (Å²) in [6, 6.07) is 4.18. The first-order valence-corrected chi connectivity index (χ1v) is 9.68. The normalized spacial score (nSPS) is 17.0. The molecule has 8 heteroatoms. The Morgan fingerprint density at radius 1 is 1.22 bits per heavy atom. The number of nitrogens with zero attached hydrogens (tertiary/aromatic N) is 3. The summed E-state index contributed by atoms with van der Waals surface area (Å²) in [4.78, 5) is 15.2. The van der Waals surface area contributed by atoms with E-state index in [2.05, 4.69) is 11.8 Å². The van der Waals surface area contributed by atoms with Crippen LogP contribution in [-0.2, 0) is 9.84 Å². The zero-order valence-corrected chi connectivity index (χ0v) is 14.4. The summed E-state index contributed by atoms with van der Waals surface area (Å²) in [7, 11) is -3.46. The highest BCUT2D eigenvalue weighted by molar-refractivity contribution is 7.90. The molecule has 128 valence electrons. The predicted molar refractivity (Wildman–Crippen MR) is 89.8 cm³/mol. The third-order valence-electron chi connectivity index (χ3n) is 4.04. The molecule has 0 unspecified atom stereocenters. The molecule has 2 rings (SSSR count). The topological polar surface area (TPSA) is 83.8 Å². The Kier molecular flexibility index (Phi) is 5.59. The van der Waals surface area contributed by atoms with Crippen LogP contribution in [0.3, 0.4) is 0 Å². The number of sulfone groups is 1. The van der Waals surface area contributed by atoms with E-state index in [0.29, 0.717) is 12.2 Å². The maximum atomic E-state index is 11.6. The fourth-order valence-corrected chi connectivity index (χ4v) is 3.54. The van der Waals surface area contributed by atoms with E-state index in [-0.39, 0.29) is 10.6 Å². The summed E-state index contributed by atoms with van der Waals surface area (Å²) >= 11 is 0. The molecule has 7 nitrogen and oxygen atoms in total. The average Bonchev–Trinajstić information content (AvgIpc) is 2.71. The molecule has 0 radical (unpaired) electrons. The summed E-state index contributed by atoms with van der Waals surface area (Å²) in [6.07, 6.45) is 3.08. The Balaban J connectivity index is 2.30. The lowest BCUT2D eigenvalue weighted by Gasteiger charge is -2.23. The van der Waals surface area contributed by atoms with Gasteiger partial charge in [0.2, 0.25) is 0 Å². The lowest BCUT2D eigenvalue weighted by molar-refractivity contribution is -0.384. The van der Waals surface area contributed by atoms with Gasteiger partial charge < -0.3 is 9.80 Å². The van der Waals surface area contributed by atoms with Crippen LogP contribution in [0.1, 0.15) is 19.8 Å². The van der Waals surface area contributed by atoms with Gasteiger partial charge in [0.15, 0.2) is 9.84 Å². The molecule has 0 aliphatic carbocycles. The molecule has 0 N–H and O–H groups in total. The van der Waals surface area contributed by atoms with E-state index in [9.17, 15) is 18.5 Å². The van der Waals surface area contributed by atoms with E-state index in [4.69, 9.17) is 0 Å². The minimum atomic E-state index is -3.46. The first-order chi connectivity index (χ1) is 10.8. The number of nitro benzene ring substituents is 1. The van der Waals surface area contributed by atoms with E-state index in [1.54, 1.807) is 6.07 Å². The van der Waals surface area contributed by atoms with Crippen LogP contribution < -0.4 is 4.90 Å². The lowest BCUT2D eigenvalue weighted by atomic mass is 10.2. The SMILES string of the molecule is CCCN1CCCN(c2ccc(S(C)(=O)=O)cc2[N+](=O)[O-])CC1. The fraction of sp³-hybridized carbons (Fsp3) is 0.600. The van der Waals surface area contributed by atoms with Gasteiger partial charge in [-0.25, -0.2) is 8.42 Å². The maximum Gasteiger partial charge on any atom is 0.293 e. The molecular weight excluding hydrogens is 318 g/mol. The fourth-order valence-electron chi connectivity index (χ4n) is 2.90. The number of anilines is 1. The largest absolute Gasteiger partial charge is 0.365 e. The van der Waals surface area contributed by atoms with Crippen LogP contribution in [0.15, 0.2) is 23.1 Å². The number of rotatable bonds is 5. The molecule has 1 aromatic rings. The van der Waals surface area contributed by atoms with Crippen molar-refractivity contribution in [2.45, 2.75) is 24.7 Å². The first kappa shape index (κ1) is 17.7. The highest BCUT2D eigenvalue weighted by Crippen LogP contribution is 2.31. The van der Waals surface area contributed by atoms with E-state index in [1.165, 1.54) is 12.1 Å². The zero-order chi connectivity index (χ0) is 17.0. The molecule has 1 aromatic carbocycles. The average molecular weight is 341 g/mol. The summed E-state index contributed by atoms with van der Waals surface area (Å²) in [5.41, 5.74) is 0.359. The Labute approximate surface area is 137 Å². The molecule has 1 heterocycles. The van der Waals surface area contributed by atoms with Crippen molar-refractivity contribution in [3.8, 4) is 0 Å². The Morgan fingerprint density at radius 2 is 1.96 bits per heavy atom. The van der Waals surface area contributed by atoms with Gasteiger partial charge in [-0.05, 0) is 38.1 Å². The molecule has 0 bridgehead atoms. The quantitative estimate of drug-likeness (QED) is 0.601. The third-order valence-corrected chi connectivity index (χ3v) is 5.15. The van der Waals surface area contributed by atoms with Crippen LogP contribution in [0.5, 0.6) is 0 Å². The third kappa shape index (κ3) is 4.42. The molecule has 1 aliphatic rings. The van der Waals surface area contributed by atoms with Gasteiger partial charge in [-0.2, -0.15) is 0 Å². The van der Waals surface area contributed by atoms with Crippen LogP contribution in [-0.4, -0.2) is 57.2 Å². The summed E-state index contributed by atoms with van der Waals surface area (Å²) < 4.78 is 23.2. The second-order valence-electron chi connectivity index (χ2n) is 5.86. The van der Waals surface area contributed by atoms with E-state index >= 15 is 0 Å². The highest BCUT2D eigenvalue weighted by Gasteiger charge is 2.24. The first-order valence-electron chi connectivity index (χ1n) is 7.78. The molecule has 0 spiro atoms. The molecule has 1 aliphatic heterocycles. The smallest absolute Gasteiger partial charge is 0.293 e. The highest BCUT2D eigenvalue weighted by atomic mass is 32.2. The second-order valence-corrected chi connectivity index (χ2v) is 7.88. The van der Waals surface area contributed by atoms with Crippen LogP contribution in [0, 0.1) is 10.1 Å². The molecule has 0 amide bonds. The number of benzene rings is 1. The minimum absolute atomic E-state index is 0.0182. The van der Waals surface area contributed by atoms with Crippen molar-refractivity contribution in [1.82, 2.24) is 4.90 Å². The van der Waals surface area contributed by atoms with Crippen molar-refractivity contribution in [2.75, 3.05) is 43.9 Å². The van der Waals surface area contributed by atoms with Crippen LogP contribution in [0.2, 0.25) is 0 Å². The number of nitro groups is 1. The van der Waals surface area contributed by atoms with Crippen molar-refractivity contribution in [1.29, 1.82) is 0 Å². The van der Waals surface area contributed by atoms with E-state index < -0.39 is 14.8 Å². The van der Waals surface area contributed by atoms with Gasteiger partial charge in [0.05, 0.1) is 9.82 Å². The van der Waals surface area contributed by atoms with Gasteiger partial charge in [-0.15, -0.1) is 0 Å². The van der Waals surface area contributed by atoms with Gasteiger partial charge >= 0.3 is 0 Å². The summed E-state index contributed by atoms with van der Waals surface area (Å²) in [5.74, 6) is 0. The van der Waals surface area contributed by atoms with Gasteiger partial charge in [-0.3, -0.25) is 10.1 Å². The number of hydrogen-bond acceptors (Lipinski definition) is 6. The minimum Gasteiger partial charge on any atom is -0.365 e. The Hall–Kier alpha value is -1.67. The zero-order valence-electron chi connectivity index (χ0n) is 13.6. The van der Waals surface area contributed by atoms with Gasteiger partial charge in [0.1, 0.15) is 5.69 Å². The molecule has 1 fully saturated rings. The van der Waals surface area contributed by atoms with Crippen molar-refractivity contribution >= 4 is 21.2 Å². The summed E-state index contributed by atoms with van der Waals surface area (Å²) in [6.45, 7) is 6.46. The monoisotopic (exact) mass is 341 g/mol. The van der Waals surface area contributed by atoms with Crippen LogP contribution >= 0.6 is 0 Å². The molecule has 0 aromatic heterocycles. The second kappa shape index (κ2) is 7.27. The van der Waals surface area contributed by atoms with Crippen LogP contribution in [0.25, 0.3) is 0 Å². The van der Waals surface area contributed by atoms with Crippen molar-refractivity contribution in [3.63, 3.8) is 0 Å². The Bertz CT molecular complexity index is 675. The molecule has 0 saturated carbocycles. The standard InChI is InChI=1S/C15H23N3O4S/c1-3-7-16-8-4-9-17(11-10-16)14-6-5-13(23(2,21)22)12-15(14)18(19)20/h5-6,12H,3-4,7-11H2,1-2H3. The van der Waals surface area contributed by atoms with Gasteiger partial charge in [0, 0.05) is 32.0 Å². The van der Waals surface area contributed by atoms with Crippen molar-refractivity contribution in [2.24, 2.45) is 0 Å². The van der Waals surface area contributed by atoms with Gasteiger partial charge in [-0.1, -0.05) is 6.92 Å². The lowest BCUT2D eigenvalue weighted by Crippen LogP contribution is -2.31. The van der Waals surface area contributed by atoms with Crippen molar-refractivity contribution < 1.29 is 13.3 Å². The molecule has 23 heavy (non-hydrogen) atoms.